The topological polar surface area (TPSA) is 49.2 Å². The Hall–Kier alpha value is -1.16. The monoisotopic (exact) mass is 193 g/mol. The van der Waals surface area contributed by atoms with Gasteiger partial charge in [-0.25, -0.2) is 4.98 Å². The summed E-state index contributed by atoms with van der Waals surface area (Å²) in [7, 11) is 0. The molecule has 2 rings (SSSR count). The Morgan fingerprint density at radius 3 is 3.14 bits per heavy atom. The second-order valence-corrected chi connectivity index (χ2v) is 3.70. The molecule has 0 bridgehead atoms. The number of aliphatic hydroxyl groups is 1. The van der Waals surface area contributed by atoms with Crippen molar-refractivity contribution in [3.63, 3.8) is 0 Å². The minimum absolute atomic E-state index is 0.275. The van der Waals surface area contributed by atoms with E-state index in [4.69, 9.17) is 5.11 Å². The van der Waals surface area contributed by atoms with Crippen molar-refractivity contribution in [1.82, 2.24) is 9.97 Å². The van der Waals surface area contributed by atoms with Crippen LogP contribution in [0.25, 0.3) is 0 Å². The van der Waals surface area contributed by atoms with Gasteiger partial charge in [-0.05, 0) is 18.8 Å². The van der Waals surface area contributed by atoms with Crippen LogP contribution in [-0.4, -0.2) is 34.8 Å². The molecule has 4 heteroatoms. The van der Waals surface area contributed by atoms with Crippen LogP contribution in [-0.2, 0) is 0 Å². The van der Waals surface area contributed by atoms with Gasteiger partial charge in [0.15, 0.2) is 0 Å². The van der Waals surface area contributed by atoms with Crippen molar-refractivity contribution >= 4 is 5.82 Å². The predicted molar refractivity (Wildman–Crippen MR) is 54.1 cm³/mol. The average molecular weight is 193 g/mol. The third-order valence-electron chi connectivity index (χ3n) is 2.65. The SMILES string of the molecule is OC[C@H]1CCCN(c2cnccn2)C1. The average Bonchev–Trinajstić information content (AvgIpc) is 2.30. The van der Waals surface area contributed by atoms with Gasteiger partial charge in [-0.1, -0.05) is 0 Å². The molecule has 1 atom stereocenters. The van der Waals surface area contributed by atoms with Gasteiger partial charge in [0.2, 0.25) is 0 Å². The Balaban J connectivity index is 2.04. The molecule has 1 N–H and O–H groups in total. The molecule has 1 fully saturated rings. The van der Waals surface area contributed by atoms with E-state index >= 15 is 0 Å². The highest BCUT2D eigenvalue weighted by atomic mass is 16.3. The summed E-state index contributed by atoms with van der Waals surface area (Å²) in [6.45, 7) is 2.20. The highest BCUT2D eigenvalue weighted by molar-refractivity contribution is 5.35. The van der Waals surface area contributed by atoms with Crippen molar-refractivity contribution in [2.45, 2.75) is 12.8 Å². The number of nitrogens with zero attached hydrogens (tertiary/aromatic N) is 3. The summed E-state index contributed by atoms with van der Waals surface area (Å²) in [5, 5.41) is 9.09. The van der Waals surface area contributed by atoms with Gasteiger partial charge in [0.25, 0.3) is 0 Å². The summed E-state index contributed by atoms with van der Waals surface area (Å²) < 4.78 is 0. The van der Waals surface area contributed by atoms with Crippen LogP contribution >= 0.6 is 0 Å². The first-order valence-electron chi connectivity index (χ1n) is 5.02. The zero-order valence-electron chi connectivity index (χ0n) is 8.13. The number of aliphatic hydroxyl groups excluding tert-OH is 1. The molecule has 2 heterocycles. The fraction of sp³-hybridized carbons (Fsp3) is 0.600. The van der Waals surface area contributed by atoms with Gasteiger partial charge >= 0.3 is 0 Å². The number of hydrogen-bond acceptors (Lipinski definition) is 4. The second-order valence-electron chi connectivity index (χ2n) is 3.70. The molecule has 1 aromatic rings. The second kappa shape index (κ2) is 4.37. The van der Waals surface area contributed by atoms with E-state index in [1.54, 1.807) is 18.6 Å². The maximum Gasteiger partial charge on any atom is 0.147 e. The van der Waals surface area contributed by atoms with Crippen LogP contribution in [0, 0.1) is 5.92 Å². The van der Waals surface area contributed by atoms with Gasteiger partial charge in [-0.2, -0.15) is 0 Å². The number of piperidine rings is 1. The lowest BCUT2D eigenvalue weighted by Gasteiger charge is -2.32. The van der Waals surface area contributed by atoms with Crippen molar-refractivity contribution in [2.24, 2.45) is 5.92 Å². The molecule has 0 saturated carbocycles. The first kappa shape index (κ1) is 9.40. The maximum atomic E-state index is 9.09. The van der Waals surface area contributed by atoms with E-state index in [1.165, 1.54) is 0 Å². The van der Waals surface area contributed by atoms with Crippen molar-refractivity contribution in [2.75, 3.05) is 24.6 Å². The van der Waals surface area contributed by atoms with Crippen molar-refractivity contribution in [3.05, 3.63) is 18.6 Å². The fourth-order valence-electron chi connectivity index (χ4n) is 1.88. The van der Waals surface area contributed by atoms with Crippen LogP contribution < -0.4 is 4.90 Å². The molecule has 0 aliphatic carbocycles. The third-order valence-corrected chi connectivity index (χ3v) is 2.65. The zero-order chi connectivity index (χ0) is 9.80. The highest BCUT2D eigenvalue weighted by Gasteiger charge is 2.19. The molecule has 1 aromatic heterocycles. The molecule has 1 aliphatic heterocycles. The molecule has 0 spiro atoms. The van der Waals surface area contributed by atoms with Gasteiger partial charge in [-0.3, -0.25) is 4.98 Å². The first-order valence-corrected chi connectivity index (χ1v) is 5.02. The molecule has 0 radical (unpaired) electrons. The summed E-state index contributed by atoms with van der Waals surface area (Å²) in [6.07, 6.45) is 7.41. The van der Waals surface area contributed by atoms with E-state index in [-0.39, 0.29) is 6.61 Å². The molecule has 14 heavy (non-hydrogen) atoms. The maximum absolute atomic E-state index is 9.09. The Labute approximate surface area is 83.6 Å². The Morgan fingerprint density at radius 2 is 2.43 bits per heavy atom. The number of anilines is 1. The van der Waals surface area contributed by atoms with Gasteiger partial charge in [-0.15, -0.1) is 0 Å². The van der Waals surface area contributed by atoms with Gasteiger partial charge in [0.1, 0.15) is 5.82 Å². The van der Waals surface area contributed by atoms with Gasteiger partial charge in [0, 0.05) is 32.1 Å². The molecular weight excluding hydrogens is 178 g/mol. The Morgan fingerprint density at radius 1 is 1.50 bits per heavy atom. The normalized spacial score (nSPS) is 22.4. The van der Waals surface area contributed by atoms with Crippen LogP contribution in [0.15, 0.2) is 18.6 Å². The van der Waals surface area contributed by atoms with Crippen LogP contribution in [0.3, 0.4) is 0 Å². The number of rotatable bonds is 2. The lowest BCUT2D eigenvalue weighted by Crippen LogP contribution is -2.37. The van der Waals surface area contributed by atoms with Crippen molar-refractivity contribution < 1.29 is 5.11 Å². The van der Waals surface area contributed by atoms with E-state index in [2.05, 4.69) is 14.9 Å². The van der Waals surface area contributed by atoms with Crippen LogP contribution in [0.4, 0.5) is 5.82 Å². The highest BCUT2D eigenvalue weighted by Crippen LogP contribution is 2.19. The van der Waals surface area contributed by atoms with Crippen LogP contribution in [0.2, 0.25) is 0 Å². The van der Waals surface area contributed by atoms with Gasteiger partial charge in [0.05, 0.1) is 6.20 Å². The summed E-state index contributed by atoms with van der Waals surface area (Å²) in [6, 6.07) is 0. The van der Waals surface area contributed by atoms with E-state index in [1.807, 2.05) is 0 Å². The molecule has 0 amide bonds. The van der Waals surface area contributed by atoms with E-state index in [9.17, 15) is 0 Å². The van der Waals surface area contributed by atoms with Crippen LogP contribution in [0.1, 0.15) is 12.8 Å². The largest absolute Gasteiger partial charge is 0.396 e. The number of aromatic nitrogens is 2. The smallest absolute Gasteiger partial charge is 0.147 e. The van der Waals surface area contributed by atoms with Crippen LogP contribution in [0.5, 0.6) is 0 Å². The molecule has 1 aliphatic rings. The molecular formula is C10H15N3O. The fourth-order valence-corrected chi connectivity index (χ4v) is 1.88. The Bertz CT molecular complexity index is 278. The molecule has 4 nitrogen and oxygen atoms in total. The standard InChI is InChI=1S/C10H15N3O/c14-8-9-2-1-5-13(7-9)10-6-11-3-4-12-10/h3-4,6,9,14H,1-2,5,7-8H2/t9-/m0/s1. The molecule has 76 valence electrons. The number of hydrogen-bond donors (Lipinski definition) is 1. The summed E-state index contributed by atoms with van der Waals surface area (Å²) in [5.74, 6) is 1.32. The minimum Gasteiger partial charge on any atom is -0.396 e. The summed E-state index contributed by atoms with van der Waals surface area (Å²) in [4.78, 5) is 10.5. The zero-order valence-corrected chi connectivity index (χ0v) is 8.13. The van der Waals surface area contributed by atoms with Crippen molar-refractivity contribution in [1.29, 1.82) is 0 Å². The van der Waals surface area contributed by atoms with E-state index in [0.29, 0.717) is 5.92 Å². The van der Waals surface area contributed by atoms with E-state index < -0.39 is 0 Å². The molecule has 1 saturated heterocycles. The first-order chi connectivity index (χ1) is 6.90. The van der Waals surface area contributed by atoms with E-state index in [0.717, 1.165) is 31.7 Å². The third kappa shape index (κ3) is 2.01. The Kier molecular flexibility index (Phi) is 2.93. The minimum atomic E-state index is 0.275. The van der Waals surface area contributed by atoms with Gasteiger partial charge < -0.3 is 10.0 Å². The lowest BCUT2D eigenvalue weighted by atomic mass is 9.99. The molecule has 0 unspecified atom stereocenters. The van der Waals surface area contributed by atoms with Crippen molar-refractivity contribution in [3.8, 4) is 0 Å². The summed E-state index contributed by atoms with van der Waals surface area (Å²) >= 11 is 0. The predicted octanol–water partition coefficient (Wildman–Crippen LogP) is 0.685. The lowest BCUT2D eigenvalue weighted by molar-refractivity contribution is 0.208. The summed E-state index contributed by atoms with van der Waals surface area (Å²) in [5.41, 5.74) is 0. The quantitative estimate of drug-likeness (QED) is 0.750. The molecule has 0 aromatic carbocycles.